The van der Waals surface area contributed by atoms with Crippen LogP contribution in [0.15, 0.2) is 139 Å². The van der Waals surface area contributed by atoms with Gasteiger partial charge in [-0.15, -0.1) is 0 Å². The average Bonchev–Trinajstić information content (AvgIpc) is 3.61. The van der Waals surface area contributed by atoms with E-state index in [4.69, 9.17) is 4.99 Å². The van der Waals surface area contributed by atoms with E-state index in [0.29, 0.717) is 5.92 Å². The van der Waals surface area contributed by atoms with Crippen LogP contribution < -0.4 is 4.90 Å². The molecule has 2 unspecified atom stereocenters. The van der Waals surface area contributed by atoms with E-state index in [9.17, 15) is 0 Å². The molecular formula is C41H33N3. The maximum atomic E-state index is 4.89. The van der Waals surface area contributed by atoms with Crippen LogP contribution in [-0.2, 0) is 6.42 Å². The predicted octanol–water partition coefficient (Wildman–Crippen LogP) is 9.54. The van der Waals surface area contributed by atoms with Crippen LogP contribution in [0.3, 0.4) is 0 Å². The molecule has 0 spiro atoms. The molecule has 2 atom stereocenters. The van der Waals surface area contributed by atoms with Crippen molar-refractivity contribution in [1.82, 2.24) is 4.57 Å². The normalized spacial score (nSPS) is 19.9. The summed E-state index contributed by atoms with van der Waals surface area (Å²) in [4.78, 5) is 7.33. The summed E-state index contributed by atoms with van der Waals surface area (Å²) in [6.45, 7) is 0.863. The summed E-state index contributed by atoms with van der Waals surface area (Å²) in [6.07, 6.45) is 19.5. The van der Waals surface area contributed by atoms with Gasteiger partial charge >= 0.3 is 0 Å². The molecule has 0 saturated carbocycles. The lowest BCUT2D eigenvalue weighted by Crippen LogP contribution is -2.38. The summed E-state index contributed by atoms with van der Waals surface area (Å²) in [5, 5.41) is 1.33. The first kappa shape index (κ1) is 25.4. The Kier molecular flexibility index (Phi) is 5.90. The minimum Gasteiger partial charge on any atom is -0.319 e. The Balaban J connectivity index is 1.11. The van der Waals surface area contributed by atoms with E-state index in [-0.39, 0.29) is 6.04 Å². The Hall–Kier alpha value is -5.15. The highest BCUT2D eigenvalue weighted by atomic mass is 15.2. The second-order valence-corrected chi connectivity index (χ2v) is 12.1. The molecule has 5 aromatic rings. The minimum atomic E-state index is 0.247. The Labute approximate surface area is 258 Å². The number of aromatic nitrogens is 1. The molecule has 2 aliphatic heterocycles. The highest BCUT2D eigenvalue weighted by molar-refractivity contribution is 6.09. The summed E-state index contributed by atoms with van der Waals surface area (Å²) in [6, 6.07) is 35.8. The Morgan fingerprint density at radius 1 is 0.705 bits per heavy atom. The maximum Gasteiger partial charge on any atom is 0.128 e. The van der Waals surface area contributed by atoms with Crippen LogP contribution in [0.25, 0.3) is 39.4 Å². The second kappa shape index (κ2) is 10.2. The van der Waals surface area contributed by atoms with Crippen LogP contribution in [0, 0.1) is 0 Å². The molecule has 0 amide bonds. The van der Waals surface area contributed by atoms with Gasteiger partial charge in [0.15, 0.2) is 0 Å². The smallest absolute Gasteiger partial charge is 0.128 e. The van der Waals surface area contributed by atoms with Gasteiger partial charge in [0.05, 0.1) is 11.6 Å². The van der Waals surface area contributed by atoms with E-state index in [1.54, 1.807) is 0 Å². The van der Waals surface area contributed by atoms with Crippen molar-refractivity contribution >= 4 is 34.1 Å². The first-order valence-corrected chi connectivity index (χ1v) is 15.8. The first-order chi connectivity index (χ1) is 21.8. The van der Waals surface area contributed by atoms with Crippen LogP contribution in [0.1, 0.15) is 41.1 Å². The van der Waals surface area contributed by atoms with Gasteiger partial charge in [0.25, 0.3) is 0 Å². The van der Waals surface area contributed by atoms with Crippen molar-refractivity contribution in [3.05, 3.63) is 156 Å². The van der Waals surface area contributed by atoms with Crippen molar-refractivity contribution < 1.29 is 0 Å². The average molecular weight is 568 g/mol. The van der Waals surface area contributed by atoms with Crippen molar-refractivity contribution in [3.63, 3.8) is 0 Å². The fourth-order valence-corrected chi connectivity index (χ4v) is 7.59. The number of dihydropyridines is 1. The van der Waals surface area contributed by atoms with Crippen molar-refractivity contribution in [1.29, 1.82) is 0 Å². The van der Waals surface area contributed by atoms with Crippen LogP contribution >= 0.6 is 0 Å². The predicted molar refractivity (Wildman–Crippen MR) is 185 cm³/mol. The van der Waals surface area contributed by atoms with E-state index in [1.165, 1.54) is 61.4 Å². The van der Waals surface area contributed by atoms with Crippen molar-refractivity contribution in [2.45, 2.75) is 31.2 Å². The quantitative estimate of drug-likeness (QED) is 0.213. The minimum absolute atomic E-state index is 0.247. The van der Waals surface area contributed by atoms with E-state index >= 15 is 0 Å². The fraction of sp³-hybridized carbons (Fsp3) is 0.146. The number of para-hydroxylation sites is 1. The molecular weight excluding hydrogens is 534 g/mol. The SMILES string of the molecule is C1=CC(N2c3ccccc3C3C=C(c4ccc5c(c4)c4c(n5-c5ccc(-c6ccccc6)cc5)CCC=C4)C=CC32)=NCC1. The molecule has 0 radical (unpaired) electrons. The third-order valence-corrected chi connectivity index (χ3v) is 9.64. The van der Waals surface area contributed by atoms with Gasteiger partial charge in [-0.2, -0.15) is 0 Å². The largest absolute Gasteiger partial charge is 0.319 e. The number of amidine groups is 1. The summed E-state index contributed by atoms with van der Waals surface area (Å²) in [5.74, 6) is 1.37. The topological polar surface area (TPSA) is 20.5 Å². The number of allylic oxidation sites excluding steroid dienone is 3. The number of aliphatic imine (C=N–C) groups is 1. The molecule has 1 aromatic heterocycles. The van der Waals surface area contributed by atoms with Crippen molar-refractivity contribution in [3.8, 4) is 16.8 Å². The number of anilines is 1. The molecule has 3 heterocycles. The van der Waals surface area contributed by atoms with Gasteiger partial charge in [-0.05, 0) is 83.5 Å². The van der Waals surface area contributed by atoms with E-state index in [1.807, 2.05) is 0 Å². The zero-order valence-corrected chi connectivity index (χ0v) is 24.6. The van der Waals surface area contributed by atoms with Gasteiger partial charge in [-0.25, -0.2) is 0 Å². The summed E-state index contributed by atoms with van der Waals surface area (Å²) >= 11 is 0. The molecule has 4 aliphatic rings. The van der Waals surface area contributed by atoms with Crippen LogP contribution in [-0.4, -0.2) is 23.0 Å². The highest BCUT2D eigenvalue weighted by Crippen LogP contribution is 2.46. The lowest BCUT2D eigenvalue weighted by molar-refractivity contribution is 0.755. The lowest BCUT2D eigenvalue weighted by Gasteiger charge is -2.30. The van der Waals surface area contributed by atoms with Gasteiger partial charge in [-0.3, -0.25) is 4.99 Å². The number of nitrogens with zero attached hydrogens (tertiary/aromatic N) is 3. The Bertz CT molecular complexity index is 2070. The van der Waals surface area contributed by atoms with Crippen LogP contribution in [0.5, 0.6) is 0 Å². The third-order valence-electron chi connectivity index (χ3n) is 9.64. The number of benzene rings is 4. The number of hydrogen-bond donors (Lipinski definition) is 0. The fourth-order valence-electron chi connectivity index (χ4n) is 7.59. The van der Waals surface area contributed by atoms with Crippen LogP contribution in [0.4, 0.5) is 5.69 Å². The molecule has 3 nitrogen and oxygen atoms in total. The maximum absolute atomic E-state index is 4.89. The van der Waals surface area contributed by atoms with Crippen molar-refractivity contribution in [2.24, 2.45) is 4.99 Å². The molecule has 0 saturated heterocycles. The zero-order chi connectivity index (χ0) is 29.0. The van der Waals surface area contributed by atoms with Gasteiger partial charge < -0.3 is 9.47 Å². The Morgan fingerprint density at radius 3 is 2.36 bits per heavy atom. The first-order valence-electron chi connectivity index (χ1n) is 15.8. The summed E-state index contributed by atoms with van der Waals surface area (Å²) in [5.41, 5.74) is 13.0. The van der Waals surface area contributed by atoms with Gasteiger partial charge in [0.1, 0.15) is 5.84 Å². The zero-order valence-electron chi connectivity index (χ0n) is 24.6. The number of rotatable bonds is 3. The molecule has 3 heteroatoms. The number of fused-ring (bicyclic) bond motifs is 6. The lowest BCUT2D eigenvalue weighted by atomic mass is 9.86. The molecule has 212 valence electrons. The van der Waals surface area contributed by atoms with E-state index in [0.717, 1.165) is 31.6 Å². The molecule has 4 aromatic carbocycles. The third kappa shape index (κ3) is 4.00. The second-order valence-electron chi connectivity index (χ2n) is 12.1. The van der Waals surface area contributed by atoms with Gasteiger partial charge in [0, 0.05) is 40.5 Å². The molecule has 0 fully saturated rings. The number of hydrogen-bond acceptors (Lipinski definition) is 2. The van der Waals surface area contributed by atoms with Gasteiger partial charge in [0.2, 0.25) is 0 Å². The van der Waals surface area contributed by atoms with E-state index < -0.39 is 0 Å². The van der Waals surface area contributed by atoms with Gasteiger partial charge in [-0.1, -0.05) is 103 Å². The monoisotopic (exact) mass is 567 g/mol. The Morgan fingerprint density at radius 2 is 1.50 bits per heavy atom. The molecule has 0 bridgehead atoms. The van der Waals surface area contributed by atoms with E-state index in [2.05, 4.69) is 149 Å². The van der Waals surface area contributed by atoms with Crippen molar-refractivity contribution in [2.75, 3.05) is 11.4 Å². The molecule has 0 N–H and O–H groups in total. The standard InChI is InChI=1S/C41H33N3/c1-2-10-28(11-3-1)29-17-21-32(22-18-29)43-37-14-6-4-12-33(37)35-26-30(19-23-39(35)43)31-20-24-40-36(27-31)34-13-5-7-15-38(34)44(40)41-16-8-9-25-42-41/h1-5,7-8,10-13,15-24,26-27,36,40H,6,9,14,25H2. The summed E-state index contributed by atoms with van der Waals surface area (Å²) < 4.78 is 2.48. The molecule has 9 rings (SSSR count). The molecule has 44 heavy (non-hydrogen) atoms. The highest BCUT2D eigenvalue weighted by Gasteiger charge is 2.39. The van der Waals surface area contributed by atoms with Crippen LogP contribution in [0.2, 0.25) is 0 Å². The summed E-state index contributed by atoms with van der Waals surface area (Å²) in [7, 11) is 0. The molecule has 2 aliphatic carbocycles.